The molecule has 3 heterocycles. The summed E-state index contributed by atoms with van der Waals surface area (Å²) in [7, 11) is 1.87. The number of fused-ring (bicyclic) bond motifs is 1. The maximum absolute atomic E-state index is 12.7. The molecule has 3 aromatic rings. The summed E-state index contributed by atoms with van der Waals surface area (Å²) in [4.78, 5) is 12.7. The first-order valence-corrected chi connectivity index (χ1v) is 8.45. The fourth-order valence-corrected chi connectivity index (χ4v) is 3.10. The van der Waals surface area contributed by atoms with E-state index in [1.807, 2.05) is 45.6 Å². The second-order valence-electron chi connectivity index (χ2n) is 6.80. The third-order valence-electron chi connectivity index (χ3n) is 4.54. The smallest absolute Gasteiger partial charge is 0.249 e. The van der Waals surface area contributed by atoms with Gasteiger partial charge in [0, 0.05) is 13.1 Å². The molecule has 0 aliphatic carbocycles. The Labute approximate surface area is 146 Å². The van der Waals surface area contributed by atoms with Gasteiger partial charge in [-0.15, -0.1) is 0 Å². The number of aromatic nitrogens is 6. The molecule has 1 N–H and O–H groups in total. The summed E-state index contributed by atoms with van der Waals surface area (Å²) in [5.74, 6) is -0.118. The van der Waals surface area contributed by atoms with Gasteiger partial charge in [-0.25, -0.2) is 0 Å². The topological polar surface area (TPSA) is 82.6 Å². The number of nitrogens with one attached hydrogen (secondary N) is 1. The predicted octanol–water partition coefficient (Wildman–Crippen LogP) is 2.67. The van der Waals surface area contributed by atoms with Gasteiger partial charge >= 0.3 is 0 Å². The van der Waals surface area contributed by atoms with E-state index in [1.165, 1.54) is 0 Å². The highest BCUT2D eigenvalue weighted by molar-refractivity contribution is 5.94. The van der Waals surface area contributed by atoms with Gasteiger partial charge in [0.05, 0.1) is 29.0 Å². The van der Waals surface area contributed by atoms with Crippen LogP contribution in [-0.4, -0.2) is 35.2 Å². The zero-order valence-electron chi connectivity index (χ0n) is 15.8. The second-order valence-corrected chi connectivity index (χ2v) is 6.80. The lowest BCUT2D eigenvalue weighted by Gasteiger charge is -2.13. The molecule has 0 aromatic carbocycles. The van der Waals surface area contributed by atoms with Crippen molar-refractivity contribution in [3.63, 3.8) is 0 Å². The minimum Gasteiger partial charge on any atom is -0.321 e. The van der Waals surface area contributed by atoms with Gasteiger partial charge in [-0.2, -0.15) is 15.3 Å². The third-order valence-corrected chi connectivity index (χ3v) is 4.54. The van der Waals surface area contributed by atoms with Crippen LogP contribution in [-0.2, 0) is 11.8 Å². The van der Waals surface area contributed by atoms with E-state index in [0.29, 0.717) is 0 Å². The van der Waals surface area contributed by atoms with Crippen molar-refractivity contribution in [2.45, 2.75) is 53.6 Å². The largest absolute Gasteiger partial charge is 0.321 e. The standard InChI is InChI=1S/C17H25N7O/c1-9(2)24-12(5)15(10(3)20-24)18-17(25)13(6)23-8-14-16(21-23)11(4)19-22(14)7/h8-9,13H,1-7H3,(H,18,25)/t13-/m1/s1. The first-order valence-electron chi connectivity index (χ1n) is 8.45. The highest BCUT2D eigenvalue weighted by Gasteiger charge is 2.22. The van der Waals surface area contributed by atoms with E-state index < -0.39 is 6.04 Å². The van der Waals surface area contributed by atoms with E-state index in [-0.39, 0.29) is 11.9 Å². The van der Waals surface area contributed by atoms with Crippen LogP contribution in [0.15, 0.2) is 6.20 Å². The molecule has 1 amide bonds. The van der Waals surface area contributed by atoms with Crippen LogP contribution in [0.2, 0.25) is 0 Å². The van der Waals surface area contributed by atoms with E-state index in [9.17, 15) is 4.79 Å². The van der Waals surface area contributed by atoms with Crippen molar-refractivity contribution < 1.29 is 4.79 Å². The summed E-state index contributed by atoms with van der Waals surface area (Å²) < 4.78 is 5.39. The van der Waals surface area contributed by atoms with Crippen molar-refractivity contribution in [3.8, 4) is 0 Å². The number of nitrogens with zero attached hydrogens (tertiary/aromatic N) is 6. The lowest BCUT2D eigenvalue weighted by molar-refractivity contribution is -0.119. The normalized spacial score (nSPS) is 13.0. The molecule has 8 heteroatoms. The Balaban J connectivity index is 1.86. The Morgan fingerprint density at radius 1 is 1.08 bits per heavy atom. The van der Waals surface area contributed by atoms with Crippen LogP contribution in [0.5, 0.6) is 0 Å². The molecule has 0 aliphatic heterocycles. The number of rotatable bonds is 4. The third kappa shape index (κ3) is 2.81. The van der Waals surface area contributed by atoms with Crippen molar-refractivity contribution in [2.75, 3.05) is 5.32 Å². The van der Waals surface area contributed by atoms with Crippen LogP contribution in [0.3, 0.4) is 0 Å². The molecule has 0 fully saturated rings. The molecule has 0 unspecified atom stereocenters. The number of carbonyl (C=O) groups is 1. The molecule has 0 saturated carbocycles. The molecule has 1 atom stereocenters. The van der Waals surface area contributed by atoms with E-state index in [0.717, 1.165) is 33.8 Å². The van der Waals surface area contributed by atoms with Gasteiger partial charge in [-0.1, -0.05) is 0 Å². The SMILES string of the molecule is Cc1nn(C(C)C)c(C)c1NC(=O)[C@@H](C)n1cc2c(n1)c(C)nn2C. The quantitative estimate of drug-likeness (QED) is 0.789. The highest BCUT2D eigenvalue weighted by atomic mass is 16.2. The van der Waals surface area contributed by atoms with Gasteiger partial charge in [0.25, 0.3) is 0 Å². The number of amides is 1. The van der Waals surface area contributed by atoms with Crippen LogP contribution < -0.4 is 5.32 Å². The molecule has 0 aliphatic rings. The predicted molar refractivity (Wildman–Crippen MR) is 96.7 cm³/mol. The maximum Gasteiger partial charge on any atom is 0.249 e. The van der Waals surface area contributed by atoms with Crippen LogP contribution in [0.25, 0.3) is 11.0 Å². The van der Waals surface area contributed by atoms with E-state index >= 15 is 0 Å². The average Bonchev–Trinajstić information content (AvgIpc) is 3.17. The number of aryl methyl sites for hydroxylation is 3. The van der Waals surface area contributed by atoms with Gasteiger partial charge in [0.2, 0.25) is 5.91 Å². The highest BCUT2D eigenvalue weighted by Crippen LogP contribution is 2.24. The monoisotopic (exact) mass is 343 g/mol. The lowest BCUT2D eigenvalue weighted by atomic mass is 10.2. The number of hydrogen-bond donors (Lipinski definition) is 1. The zero-order chi connectivity index (χ0) is 18.5. The van der Waals surface area contributed by atoms with Gasteiger partial charge in [-0.3, -0.25) is 18.8 Å². The van der Waals surface area contributed by atoms with E-state index in [4.69, 9.17) is 0 Å². The van der Waals surface area contributed by atoms with Crippen molar-refractivity contribution >= 4 is 22.6 Å². The number of carbonyl (C=O) groups excluding carboxylic acids is 1. The fraction of sp³-hybridized carbons (Fsp3) is 0.529. The van der Waals surface area contributed by atoms with Crippen molar-refractivity contribution in [1.82, 2.24) is 29.3 Å². The molecule has 0 radical (unpaired) electrons. The minimum absolute atomic E-state index is 0.118. The first kappa shape index (κ1) is 17.2. The number of hydrogen-bond acceptors (Lipinski definition) is 4. The van der Waals surface area contributed by atoms with Gasteiger partial charge in [0.15, 0.2) is 0 Å². The van der Waals surface area contributed by atoms with Gasteiger partial charge in [0.1, 0.15) is 17.1 Å². The Kier molecular flexibility index (Phi) is 4.14. The minimum atomic E-state index is -0.437. The molecule has 0 spiro atoms. The van der Waals surface area contributed by atoms with Crippen molar-refractivity contribution in [1.29, 1.82) is 0 Å². The molecule has 0 bridgehead atoms. The average molecular weight is 343 g/mol. The summed E-state index contributed by atoms with van der Waals surface area (Å²) in [5.41, 5.74) is 5.14. The second kappa shape index (κ2) is 6.02. The molecule has 3 rings (SSSR count). The lowest BCUT2D eigenvalue weighted by Crippen LogP contribution is -2.24. The molecular formula is C17H25N7O. The van der Waals surface area contributed by atoms with Crippen molar-refractivity contribution in [3.05, 3.63) is 23.3 Å². The van der Waals surface area contributed by atoms with Crippen LogP contribution >= 0.6 is 0 Å². The van der Waals surface area contributed by atoms with Crippen LogP contribution in [0, 0.1) is 20.8 Å². The summed E-state index contributed by atoms with van der Waals surface area (Å²) in [6.07, 6.45) is 1.86. The summed E-state index contributed by atoms with van der Waals surface area (Å²) in [6.45, 7) is 11.8. The Bertz CT molecular complexity index is 910. The molecular weight excluding hydrogens is 318 g/mol. The van der Waals surface area contributed by atoms with Gasteiger partial charge < -0.3 is 5.32 Å². The molecule has 25 heavy (non-hydrogen) atoms. The Hall–Kier alpha value is -2.64. The van der Waals surface area contributed by atoms with E-state index in [1.54, 1.807) is 9.36 Å². The molecule has 0 saturated heterocycles. The summed E-state index contributed by atoms with van der Waals surface area (Å²) in [5, 5.41) is 16.4. The Morgan fingerprint density at radius 3 is 2.32 bits per heavy atom. The Morgan fingerprint density at radius 2 is 1.76 bits per heavy atom. The molecule has 3 aromatic heterocycles. The van der Waals surface area contributed by atoms with Gasteiger partial charge in [-0.05, 0) is 41.5 Å². The van der Waals surface area contributed by atoms with Crippen molar-refractivity contribution in [2.24, 2.45) is 7.05 Å². The maximum atomic E-state index is 12.7. The van der Waals surface area contributed by atoms with Crippen LogP contribution in [0.1, 0.15) is 49.9 Å². The summed E-state index contributed by atoms with van der Waals surface area (Å²) >= 11 is 0. The van der Waals surface area contributed by atoms with E-state index in [2.05, 4.69) is 34.5 Å². The summed E-state index contributed by atoms with van der Waals surface area (Å²) in [6, 6.07) is -0.193. The molecule has 8 nitrogen and oxygen atoms in total. The molecule has 134 valence electrons. The van der Waals surface area contributed by atoms with Crippen LogP contribution in [0.4, 0.5) is 5.69 Å². The number of anilines is 1. The zero-order valence-corrected chi connectivity index (χ0v) is 15.8. The fourth-order valence-electron chi connectivity index (χ4n) is 3.10. The first-order chi connectivity index (χ1) is 11.7.